The highest BCUT2D eigenvalue weighted by molar-refractivity contribution is 7.89. The molecule has 1 heterocycles. The number of carboxylic acid groups (broad SMARTS) is 1. The maximum absolute atomic E-state index is 10.9. The molecule has 0 aliphatic rings. The lowest BCUT2D eigenvalue weighted by molar-refractivity contribution is 0.0690. The van der Waals surface area contributed by atoms with Gasteiger partial charge in [-0.3, -0.25) is 0 Å². The molecular formula is C7H8N2O4S. The summed E-state index contributed by atoms with van der Waals surface area (Å²) in [5, 5.41) is 13.4. The maximum atomic E-state index is 10.9. The lowest BCUT2D eigenvalue weighted by Gasteiger charge is -2.02. The zero-order chi connectivity index (χ0) is 10.9. The van der Waals surface area contributed by atoms with E-state index in [1.807, 2.05) is 0 Å². The molecule has 1 rings (SSSR count). The number of sulfonamides is 1. The minimum Gasteiger partial charge on any atom is -0.477 e. The molecule has 7 heteroatoms. The number of primary sulfonamides is 1. The Morgan fingerprint density at radius 1 is 1.50 bits per heavy atom. The average molecular weight is 216 g/mol. The highest BCUT2D eigenvalue weighted by Crippen LogP contribution is 2.11. The van der Waals surface area contributed by atoms with Gasteiger partial charge >= 0.3 is 5.97 Å². The molecule has 76 valence electrons. The van der Waals surface area contributed by atoms with Gasteiger partial charge in [0.2, 0.25) is 10.0 Å². The van der Waals surface area contributed by atoms with E-state index >= 15 is 0 Å². The van der Waals surface area contributed by atoms with E-state index in [4.69, 9.17) is 10.2 Å². The largest absolute Gasteiger partial charge is 0.477 e. The molecule has 0 atom stereocenters. The first-order valence-corrected chi connectivity index (χ1v) is 5.11. The van der Waals surface area contributed by atoms with Crippen LogP contribution in [0.15, 0.2) is 17.0 Å². The first-order chi connectivity index (χ1) is 6.32. The van der Waals surface area contributed by atoms with E-state index in [2.05, 4.69) is 4.98 Å². The number of pyridine rings is 1. The molecule has 0 saturated carbocycles. The number of hydrogen-bond donors (Lipinski definition) is 2. The summed E-state index contributed by atoms with van der Waals surface area (Å²) in [6.07, 6.45) is 0. The van der Waals surface area contributed by atoms with Crippen LogP contribution in [-0.4, -0.2) is 24.5 Å². The van der Waals surface area contributed by atoms with E-state index in [1.54, 1.807) is 0 Å². The van der Waals surface area contributed by atoms with Crippen molar-refractivity contribution in [3.05, 3.63) is 23.5 Å². The quantitative estimate of drug-likeness (QED) is 0.707. The highest BCUT2D eigenvalue weighted by atomic mass is 32.2. The summed E-state index contributed by atoms with van der Waals surface area (Å²) in [5.41, 5.74) is -0.137. The van der Waals surface area contributed by atoms with Gasteiger partial charge in [-0.15, -0.1) is 0 Å². The third kappa shape index (κ3) is 2.06. The summed E-state index contributed by atoms with van der Waals surface area (Å²) < 4.78 is 21.9. The summed E-state index contributed by atoms with van der Waals surface area (Å²) in [6.45, 7) is 1.38. The van der Waals surface area contributed by atoms with Gasteiger partial charge < -0.3 is 5.11 Å². The summed E-state index contributed by atoms with van der Waals surface area (Å²) in [7, 11) is -3.83. The molecule has 3 N–H and O–H groups in total. The highest BCUT2D eigenvalue weighted by Gasteiger charge is 2.14. The van der Waals surface area contributed by atoms with Gasteiger partial charge in [-0.25, -0.2) is 23.3 Å². The number of aryl methyl sites for hydroxylation is 1. The number of nitrogens with two attached hydrogens (primary N) is 1. The second kappa shape index (κ2) is 3.35. The molecule has 0 aliphatic carbocycles. The topological polar surface area (TPSA) is 110 Å². The van der Waals surface area contributed by atoms with Crippen molar-refractivity contribution in [1.29, 1.82) is 0 Å². The number of carboxylic acids is 1. The maximum Gasteiger partial charge on any atom is 0.354 e. The van der Waals surface area contributed by atoms with Gasteiger partial charge in [0.15, 0.2) is 0 Å². The molecule has 14 heavy (non-hydrogen) atoms. The van der Waals surface area contributed by atoms with E-state index in [0.29, 0.717) is 0 Å². The molecule has 0 aromatic carbocycles. The summed E-state index contributed by atoms with van der Waals surface area (Å²) in [4.78, 5) is 13.9. The molecule has 6 nitrogen and oxygen atoms in total. The first kappa shape index (κ1) is 10.6. The zero-order valence-corrected chi connectivity index (χ0v) is 8.08. The van der Waals surface area contributed by atoms with Crippen molar-refractivity contribution < 1.29 is 18.3 Å². The number of carbonyl (C=O) groups is 1. The Morgan fingerprint density at radius 3 is 2.43 bits per heavy atom. The minimum absolute atomic E-state index is 0.0763. The Hall–Kier alpha value is -1.47. The van der Waals surface area contributed by atoms with Gasteiger partial charge in [0.1, 0.15) is 10.6 Å². The normalized spacial score (nSPS) is 11.3. The lowest BCUT2D eigenvalue weighted by Crippen LogP contribution is -2.15. The molecule has 0 radical (unpaired) electrons. The van der Waals surface area contributed by atoms with Gasteiger partial charge in [-0.2, -0.15) is 0 Å². The van der Waals surface area contributed by atoms with Crippen LogP contribution in [0.2, 0.25) is 0 Å². The average Bonchev–Trinajstić information content (AvgIpc) is 2.01. The van der Waals surface area contributed by atoms with Crippen molar-refractivity contribution in [3.63, 3.8) is 0 Å². The number of aromatic carboxylic acids is 1. The fourth-order valence-electron chi connectivity index (χ4n) is 0.968. The Kier molecular flexibility index (Phi) is 2.54. The van der Waals surface area contributed by atoms with Crippen LogP contribution in [-0.2, 0) is 10.0 Å². The predicted octanol–water partition coefficient (Wildman–Crippen LogP) is -0.264. The van der Waals surface area contributed by atoms with E-state index in [9.17, 15) is 13.2 Å². The SMILES string of the molecule is Cc1nc(C(=O)O)ccc1S(N)(=O)=O. The second-order valence-electron chi connectivity index (χ2n) is 2.63. The summed E-state index contributed by atoms with van der Waals surface area (Å²) in [6, 6.07) is 2.22. The Bertz CT molecular complexity index is 480. The third-order valence-electron chi connectivity index (χ3n) is 1.56. The third-order valence-corrected chi connectivity index (χ3v) is 2.61. The standard InChI is InChI=1S/C7H8N2O4S/c1-4-6(14(8,12)13)3-2-5(9-4)7(10)11/h2-3H,1H3,(H,10,11)(H2,8,12,13). The van der Waals surface area contributed by atoms with Gasteiger partial charge in [0.05, 0.1) is 5.69 Å². The van der Waals surface area contributed by atoms with Crippen LogP contribution in [0.1, 0.15) is 16.2 Å². The van der Waals surface area contributed by atoms with Gasteiger partial charge in [0.25, 0.3) is 0 Å². The molecule has 0 spiro atoms. The van der Waals surface area contributed by atoms with Crippen LogP contribution in [0, 0.1) is 6.92 Å². The number of aromatic nitrogens is 1. The van der Waals surface area contributed by atoms with Crippen molar-refractivity contribution in [2.45, 2.75) is 11.8 Å². The number of nitrogens with zero attached hydrogens (tertiary/aromatic N) is 1. The molecule has 1 aromatic rings. The first-order valence-electron chi connectivity index (χ1n) is 3.56. The number of rotatable bonds is 2. The Labute approximate surface area is 80.4 Å². The number of hydrogen-bond acceptors (Lipinski definition) is 4. The van der Waals surface area contributed by atoms with E-state index in [0.717, 1.165) is 12.1 Å². The van der Waals surface area contributed by atoms with Crippen LogP contribution < -0.4 is 5.14 Å². The summed E-state index contributed by atoms with van der Waals surface area (Å²) >= 11 is 0. The van der Waals surface area contributed by atoms with Crippen LogP contribution in [0.25, 0.3) is 0 Å². The van der Waals surface area contributed by atoms with Crippen molar-refractivity contribution in [3.8, 4) is 0 Å². The minimum atomic E-state index is -3.83. The molecule has 0 aliphatic heterocycles. The van der Waals surface area contributed by atoms with Crippen molar-refractivity contribution in [2.24, 2.45) is 5.14 Å². The van der Waals surface area contributed by atoms with E-state index in [-0.39, 0.29) is 16.3 Å². The predicted molar refractivity (Wildman–Crippen MR) is 47.3 cm³/mol. The fourth-order valence-corrected chi connectivity index (χ4v) is 1.68. The van der Waals surface area contributed by atoms with Crippen LogP contribution in [0.4, 0.5) is 0 Å². The smallest absolute Gasteiger partial charge is 0.354 e. The Morgan fingerprint density at radius 2 is 2.07 bits per heavy atom. The molecular weight excluding hydrogens is 208 g/mol. The Balaban J connectivity index is 3.35. The monoisotopic (exact) mass is 216 g/mol. The molecule has 0 amide bonds. The van der Waals surface area contributed by atoms with Crippen molar-refractivity contribution in [1.82, 2.24) is 4.98 Å². The lowest BCUT2D eigenvalue weighted by atomic mass is 10.3. The van der Waals surface area contributed by atoms with Gasteiger partial charge in [0, 0.05) is 0 Å². The van der Waals surface area contributed by atoms with Crippen LogP contribution in [0.3, 0.4) is 0 Å². The second-order valence-corrected chi connectivity index (χ2v) is 4.16. The summed E-state index contributed by atoms with van der Waals surface area (Å²) in [5.74, 6) is -1.21. The molecule has 0 unspecified atom stereocenters. The van der Waals surface area contributed by atoms with E-state index < -0.39 is 16.0 Å². The van der Waals surface area contributed by atoms with Crippen molar-refractivity contribution in [2.75, 3.05) is 0 Å². The molecule has 0 fully saturated rings. The van der Waals surface area contributed by atoms with Gasteiger partial charge in [-0.05, 0) is 19.1 Å². The van der Waals surface area contributed by atoms with Crippen LogP contribution in [0.5, 0.6) is 0 Å². The molecule has 0 bridgehead atoms. The zero-order valence-electron chi connectivity index (χ0n) is 7.26. The van der Waals surface area contributed by atoms with Gasteiger partial charge in [-0.1, -0.05) is 0 Å². The molecule has 0 saturated heterocycles. The fraction of sp³-hybridized carbons (Fsp3) is 0.143. The van der Waals surface area contributed by atoms with Crippen LogP contribution >= 0.6 is 0 Å². The van der Waals surface area contributed by atoms with Crippen molar-refractivity contribution >= 4 is 16.0 Å². The molecule has 1 aromatic heterocycles. The van der Waals surface area contributed by atoms with E-state index in [1.165, 1.54) is 6.92 Å².